The lowest BCUT2D eigenvalue weighted by Crippen LogP contribution is -2.39. The molecule has 0 saturated carbocycles. The molecule has 94 valence electrons. The maximum absolute atomic E-state index is 11.8. The van der Waals surface area contributed by atoms with Gasteiger partial charge >= 0.3 is 0 Å². The van der Waals surface area contributed by atoms with Crippen LogP contribution < -0.4 is 11.1 Å². The summed E-state index contributed by atoms with van der Waals surface area (Å²) in [5, 5.41) is 3.15. The molecular weight excluding hydrogens is 240 g/mol. The first-order chi connectivity index (χ1) is 7.85. The molecule has 4 nitrogen and oxygen atoms in total. The lowest BCUT2D eigenvalue weighted by atomic mass is 10.1. The van der Waals surface area contributed by atoms with Gasteiger partial charge in [0.05, 0.1) is 16.3 Å². The summed E-state index contributed by atoms with van der Waals surface area (Å²) in [5.41, 5.74) is 6.12. The third kappa shape index (κ3) is 3.91. The van der Waals surface area contributed by atoms with Crippen molar-refractivity contribution in [3.8, 4) is 0 Å². The van der Waals surface area contributed by atoms with E-state index in [2.05, 4.69) is 5.32 Å². The molecular formula is C12H17ClN2O2. The summed E-state index contributed by atoms with van der Waals surface area (Å²) in [6, 6.07) is 4.79. The molecule has 3 N–H and O–H groups in total. The van der Waals surface area contributed by atoms with E-state index in [1.54, 1.807) is 25.3 Å². The van der Waals surface area contributed by atoms with Crippen molar-refractivity contribution in [2.75, 3.05) is 19.4 Å². The van der Waals surface area contributed by atoms with Gasteiger partial charge in [0.1, 0.15) is 0 Å². The molecule has 5 heteroatoms. The van der Waals surface area contributed by atoms with E-state index in [1.165, 1.54) is 0 Å². The first-order valence-electron chi connectivity index (χ1n) is 5.24. The van der Waals surface area contributed by atoms with Crippen LogP contribution in [0.4, 0.5) is 5.69 Å². The van der Waals surface area contributed by atoms with Crippen molar-refractivity contribution in [2.24, 2.45) is 0 Å². The van der Waals surface area contributed by atoms with Crippen molar-refractivity contribution in [3.63, 3.8) is 0 Å². The minimum Gasteiger partial charge on any atom is -0.398 e. The Bertz CT molecular complexity index is 419. The van der Waals surface area contributed by atoms with E-state index in [1.807, 2.05) is 13.8 Å². The summed E-state index contributed by atoms with van der Waals surface area (Å²) in [4.78, 5) is 11.8. The number of nitrogens with one attached hydrogen (secondary N) is 1. The second-order valence-corrected chi connectivity index (χ2v) is 4.79. The zero-order valence-corrected chi connectivity index (χ0v) is 11.0. The lowest BCUT2D eigenvalue weighted by Gasteiger charge is -2.23. The summed E-state index contributed by atoms with van der Waals surface area (Å²) in [5.74, 6) is -0.197. The van der Waals surface area contributed by atoms with E-state index in [0.29, 0.717) is 22.8 Å². The molecule has 0 aliphatic carbocycles. The van der Waals surface area contributed by atoms with Gasteiger partial charge in [-0.2, -0.15) is 0 Å². The number of halogens is 1. The fourth-order valence-electron chi connectivity index (χ4n) is 1.14. The monoisotopic (exact) mass is 256 g/mol. The molecule has 0 aromatic heterocycles. The van der Waals surface area contributed by atoms with Gasteiger partial charge < -0.3 is 15.8 Å². The standard InChI is InChI=1S/C12H17ClN2O2/c1-12(2,17-3)7-15-11(16)8-4-5-10(14)9(13)6-8/h4-6H,7,14H2,1-3H3,(H,15,16). The molecule has 0 unspecified atom stereocenters. The van der Waals surface area contributed by atoms with Crippen LogP contribution in [0, 0.1) is 0 Å². The van der Waals surface area contributed by atoms with Crippen molar-refractivity contribution >= 4 is 23.2 Å². The Morgan fingerprint density at radius 2 is 2.18 bits per heavy atom. The molecule has 0 saturated heterocycles. The lowest BCUT2D eigenvalue weighted by molar-refractivity contribution is 0.0229. The number of carbonyl (C=O) groups excluding carboxylic acids is 1. The first kappa shape index (κ1) is 13.8. The average Bonchev–Trinajstić information content (AvgIpc) is 2.30. The van der Waals surface area contributed by atoms with E-state index in [4.69, 9.17) is 22.1 Å². The predicted molar refractivity (Wildman–Crippen MR) is 69.3 cm³/mol. The van der Waals surface area contributed by atoms with Crippen molar-refractivity contribution in [1.82, 2.24) is 5.32 Å². The number of hydrogen-bond acceptors (Lipinski definition) is 3. The third-order valence-electron chi connectivity index (χ3n) is 2.49. The summed E-state index contributed by atoms with van der Waals surface area (Å²) in [6.07, 6.45) is 0. The average molecular weight is 257 g/mol. The Morgan fingerprint density at radius 1 is 1.53 bits per heavy atom. The van der Waals surface area contributed by atoms with E-state index in [9.17, 15) is 4.79 Å². The van der Waals surface area contributed by atoms with Crippen molar-refractivity contribution in [3.05, 3.63) is 28.8 Å². The highest BCUT2D eigenvalue weighted by atomic mass is 35.5. The molecule has 0 aliphatic rings. The van der Waals surface area contributed by atoms with Crippen LogP contribution in [0.2, 0.25) is 5.02 Å². The van der Waals surface area contributed by atoms with Gasteiger partial charge in [-0.25, -0.2) is 0 Å². The number of nitrogens with two attached hydrogens (primary N) is 1. The smallest absolute Gasteiger partial charge is 0.251 e. The summed E-state index contributed by atoms with van der Waals surface area (Å²) in [7, 11) is 1.60. The zero-order valence-electron chi connectivity index (χ0n) is 10.2. The van der Waals surface area contributed by atoms with Crippen molar-refractivity contribution in [2.45, 2.75) is 19.4 Å². The number of anilines is 1. The molecule has 0 aliphatic heterocycles. The number of nitrogen functional groups attached to an aromatic ring is 1. The maximum atomic E-state index is 11.8. The van der Waals surface area contributed by atoms with Gasteiger partial charge in [-0.15, -0.1) is 0 Å². The van der Waals surface area contributed by atoms with Crippen LogP contribution in [-0.4, -0.2) is 25.2 Å². The molecule has 0 atom stereocenters. The Balaban J connectivity index is 2.68. The first-order valence-corrected chi connectivity index (χ1v) is 5.62. The van der Waals surface area contributed by atoms with Gasteiger partial charge in [0, 0.05) is 19.2 Å². The predicted octanol–water partition coefficient (Wildman–Crippen LogP) is 2.08. The highest BCUT2D eigenvalue weighted by Gasteiger charge is 2.18. The number of ether oxygens (including phenoxy) is 1. The molecule has 0 bridgehead atoms. The molecule has 17 heavy (non-hydrogen) atoms. The highest BCUT2D eigenvalue weighted by Crippen LogP contribution is 2.19. The van der Waals surface area contributed by atoms with Crippen LogP contribution in [0.25, 0.3) is 0 Å². The molecule has 1 rings (SSSR count). The van der Waals surface area contributed by atoms with Gasteiger partial charge in [-0.05, 0) is 32.0 Å². The van der Waals surface area contributed by atoms with Crippen LogP contribution in [0.3, 0.4) is 0 Å². The molecule has 1 aromatic rings. The Morgan fingerprint density at radius 3 is 2.71 bits per heavy atom. The molecule has 1 aromatic carbocycles. The van der Waals surface area contributed by atoms with Gasteiger partial charge in [-0.1, -0.05) is 11.6 Å². The SMILES string of the molecule is COC(C)(C)CNC(=O)c1ccc(N)c(Cl)c1. The van der Waals surface area contributed by atoms with Gasteiger partial charge in [0.2, 0.25) is 0 Å². The topological polar surface area (TPSA) is 64.3 Å². The number of hydrogen-bond donors (Lipinski definition) is 2. The fraction of sp³-hybridized carbons (Fsp3) is 0.417. The second kappa shape index (κ2) is 5.38. The third-order valence-corrected chi connectivity index (χ3v) is 2.82. The van der Waals surface area contributed by atoms with E-state index >= 15 is 0 Å². The van der Waals surface area contributed by atoms with Crippen molar-refractivity contribution < 1.29 is 9.53 Å². The van der Waals surface area contributed by atoms with Crippen LogP contribution in [0.5, 0.6) is 0 Å². The van der Waals surface area contributed by atoms with Gasteiger partial charge in [0.25, 0.3) is 5.91 Å². The van der Waals surface area contributed by atoms with Crippen LogP contribution in [0.15, 0.2) is 18.2 Å². The minimum absolute atomic E-state index is 0.197. The maximum Gasteiger partial charge on any atom is 0.251 e. The van der Waals surface area contributed by atoms with Gasteiger partial charge in [-0.3, -0.25) is 4.79 Å². The summed E-state index contributed by atoms with van der Waals surface area (Å²) < 4.78 is 5.21. The second-order valence-electron chi connectivity index (χ2n) is 4.38. The van der Waals surface area contributed by atoms with Crippen molar-refractivity contribution in [1.29, 1.82) is 0 Å². The number of amides is 1. The number of benzene rings is 1. The molecule has 1 amide bonds. The number of rotatable bonds is 4. The number of carbonyl (C=O) groups is 1. The normalized spacial score (nSPS) is 11.3. The molecule has 0 radical (unpaired) electrons. The largest absolute Gasteiger partial charge is 0.398 e. The molecule has 0 spiro atoms. The summed E-state index contributed by atoms with van der Waals surface area (Å²) >= 11 is 5.85. The molecule has 0 fully saturated rings. The van der Waals surface area contributed by atoms with Crippen LogP contribution >= 0.6 is 11.6 Å². The Kier molecular flexibility index (Phi) is 4.37. The highest BCUT2D eigenvalue weighted by molar-refractivity contribution is 6.33. The van der Waals surface area contributed by atoms with E-state index in [0.717, 1.165) is 0 Å². The van der Waals surface area contributed by atoms with Gasteiger partial charge in [0.15, 0.2) is 0 Å². The minimum atomic E-state index is -0.396. The number of methoxy groups -OCH3 is 1. The van der Waals surface area contributed by atoms with Crippen LogP contribution in [-0.2, 0) is 4.74 Å². The quantitative estimate of drug-likeness (QED) is 0.811. The Labute approximate surface area is 106 Å². The fourth-order valence-corrected chi connectivity index (χ4v) is 1.32. The van der Waals surface area contributed by atoms with E-state index < -0.39 is 5.60 Å². The summed E-state index contributed by atoms with van der Waals surface area (Å²) in [6.45, 7) is 4.21. The zero-order chi connectivity index (χ0) is 13.1. The molecule has 0 heterocycles. The van der Waals surface area contributed by atoms with Crippen LogP contribution in [0.1, 0.15) is 24.2 Å². The Hall–Kier alpha value is -1.26. The van der Waals surface area contributed by atoms with E-state index in [-0.39, 0.29) is 5.91 Å².